The molecule has 1 saturated carbocycles. The van der Waals surface area contributed by atoms with Crippen LogP contribution in [0.2, 0.25) is 0 Å². The van der Waals surface area contributed by atoms with Gasteiger partial charge < -0.3 is 10.3 Å². The van der Waals surface area contributed by atoms with Gasteiger partial charge in [-0.1, -0.05) is 0 Å². The number of carbonyl (C=O) groups is 1. The summed E-state index contributed by atoms with van der Waals surface area (Å²) in [6.07, 6.45) is 4.86. The van der Waals surface area contributed by atoms with Crippen molar-refractivity contribution in [3.8, 4) is 0 Å². The van der Waals surface area contributed by atoms with E-state index >= 15 is 0 Å². The molecule has 2 aliphatic rings. The summed E-state index contributed by atoms with van der Waals surface area (Å²) in [5.41, 5.74) is 6.42. The van der Waals surface area contributed by atoms with Gasteiger partial charge in [0.1, 0.15) is 5.84 Å². The molecule has 16 heavy (non-hydrogen) atoms. The number of rotatable bonds is 1. The first-order valence-corrected chi connectivity index (χ1v) is 5.32. The van der Waals surface area contributed by atoms with Crippen molar-refractivity contribution in [1.29, 1.82) is 0 Å². The molecule has 0 aromatic carbocycles. The zero-order valence-electron chi connectivity index (χ0n) is 8.64. The van der Waals surface area contributed by atoms with Gasteiger partial charge in [0.15, 0.2) is 0 Å². The lowest BCUT2D eigenvalue weighted by atomic mass is 9.92. The van der Waals surface area contributed by atoms with E-state index in [4.69, 9.17) is 5.73 Å². The van der Waals surface area contributed by atoms with E-state index in [1.165, 1.54) is 6.07 Å². The number of amidine groups is 1. The fourth-order valence-corrected chi connectivity index (χ4v) is 2.11. The third-order valence-electron chi connectivity index (χ3n) is 3.28. The largest absolute Gasteiger partial charge is 0.383 e. The lowest BCUT2D eigenvalue weighted by molar-refractivity contribution is 0.101. The maximum absolute atomic E-state index is 11.8. The van der Waals surface area contributed by atoms with Crippen LogP contribution in [0.5, 0.6) is 0 Å². The molecule has 1 aliphatic carbocycles. The number of aromatic nitrogens is 1. The third kappa shape index (κ3) is 1.14. The summed E-state index contributed by atoms with van der Waals surface area (Å²) in [7, 11) is 0. The lowest BCUT2D eigenvalue weighted by Crippen LogP contribution is -2.30. The van der Waals surface area contributed by atoms with Crippen LogP contribution in [0.3, 0.4) is 0 Å². The molecular formula is C11H11N3O2. The zero-order valence-corrected chi connectivity index (χ0v) is 8.64. The summed E-state index contributed by atoms with van der Waals surface area (Å²) >= 11 is 0. The first kappa shape index (κ1) is 9.33. The van der Waals surface area contributed by atoms with Crippen LogP contribution in [0.25, 0.3) is 0 Å². The predicted octanol–water partition coefficient (Wildman–Crippen LogP) is 0.432. The van der Waals surface area contributed by atoms with Crippen molar-refractivity contribution in [2.45, 2.75) is 25.3 Å². The molecule has 1 aromatic rings. The summed E-state index contributed by atoms with van der Waals surface area (Å²) in [5, 5.41) is 0. The number of aliphatic imine (C=N–C) groups is 1. The standard InChI is InChI=1S/C11H11N3O2/c12-10-8-5-14(6-2-1-3-6)9(15)4-7(8)11(16)13-10/h4-6H,1-3H2,(H2,12,13,16). The minimum atomic E-state index is -0.412. The van der Waals surface area contributed by atoms with E-state index < -0.39 is 5.91 Å². The highest BCUT2D eigenvalue weighted by Gasteiger charge is 2.26. The molecule has 1 amide bonds. The average Bonchev–Trinajstić information content (AvgIpc) is 2.41. The monoisotopic (exact) mass is 217 g/mol. The first-order chi connectivity index (χ1) is 7.66. The smallest absolute Gasteiger partial charge is 0.279 e. The van der Waals surface area contributed by atoms with Gasteiger partial charge in [0.25, 0.3) is 11.5 Å². The number of fused-ring (bicyclic) bond motifs is 1. The maximum Gasteiger partial charge on any atom is 0.279 e. The van der Waals surface area contributed by atoms with Crippen molar-refractivity contribution < 1.29 is 4.79 Å². The predicted molar refractivity (Wildman–Crippen MR) is 58.6 cm³/mol. The van der Waals surface area contributed by atoms with Crippen LogP contribution in [0, 0.1) is 0 Å². The van der Waals surface area contributed by atoms with Gasteiger partial charge in [0.2, 0.25) is 0 Å². The van der Waals surface area contributed by atoms with E-state index in [0.717, 1.165) is 19.3 Å². The van der Waals surface area contributed by atoms with Crippen molar-refractivity contribution in [3.05, 3.63) is 33.7 Å². The number of carbonyl (C=O) groups excluding carboxylic acids is 1. The molecule has 5 nitrogen and oxygen atoms in total. The number of hydrogen-bond donors (Lipinski definition) is 1. The average molecular weight is 217 g/mol. The van der Waals surface area contributed by atoms with E-state index in [1.54, 1.807) is 10.8 Å². The lowest BCUT2D eigenvalue weighted by Gasteiger charge is -2.27. The van der Waals surface area contributed by atoms with E-state index in [0.29, 0.717) is 11.1 Å². The molecule has 3 rings (SSSR count). The van der Waals surface area contributed by atoms with Crippen LogP contribution >= 0.6 is 0 Å². The summed E-state index contributed by atoms with van der Waals surface area (Å²) < 4.78 is 1.67. The van der Waals surface area contributed by atoms with Crippen LogP contribution in [0.15, 0.2) is 22.1 Å². The van der Waals surface area contributed by atoms with Gasteiger partial charge in [0, 0.05) is 23.9 Å². The number of amides is 1. The van der Waals surface area contributed by atoms with E-state index in [9.17, 15) is 9.59 Å². The Bertz CT molecular complexity index is 567. The molecule has 0 unspecified atom stereocenters. The highest BCUT2D eigenvalue weighted by molar-refractivity contribution is 6.19. The molecule has 0 radical (unpaired) electrons. The minimum Gasteiger partial charge on any atom is -0.383 e. The Morgan fingerprint density at radius 3 is 2.69 bits per heavy atom. The Kier molecular flexibility index (Phi) is 1.77. The fraction of sp³-hybridized carbons (Fsp3) is 0.364. The maximum atomic E-state index is 11.8. The molecule has 2 N–H and O–H groups in total. The van der Waals surface area contributed by atoms with Gasteiger partial charge in [-0.2, -0.15) is 4.99 Å². The molecule has 5 heteroatoms. The fourth-order valence-electron chi connectivity index (χ4n) is 2.11. The van der Waals surface area contributed by atoms with Gasteiger partial charge in [-0.3, -0.25) is 9.59 Å². The molecule has 0 atom stereocenters. The Morgan fingerprint density at radius 2 is 2.06 bits per heavy atom. The van der Waals surface area contributed by atoms with Crippen LogP contribution in [-0.2, 0) is 0 Å². The van der Waals surface area contributed by atoms with E-state index in [1.807, 2.05) is 0 Å². The first-order valence-electron chi connectivity index (χ1n) is 5.32. The molecule has 82 valence electrons. The SMILES string of the molecule is NC1=NC(=O)c2cc(=O)n(C3CCC3)cc21. The van der Waals surface area contributed by atoms with Gasteiger partial charge in [-0.25, -0.2) is 0 Å². The highest BCUT2D eigenvalue weighted by atomic mass is 16.1. The van der Waals surface area contributed by atoms with Crippen LogP contribution < -0.4 is 11.3 Å². The number of nitrogens with two attached hydrogens (primary N) is 1. The van der Waals surface area contributed by atoms with Crippen molar-refractivity contribution in [3.63, 3.8) is 0 Å². The van der Waals surface area contributed by atoms with Crippen LogP contribution in [-0.4, -0.2) is 16.3 Å². The molecule has 1 fully saturated rings. The van der Waals surface area contributed by atoms with E-state index in [-0.39, 0.29) is 17.4 Å². The quantitative estimate of drug-likeness (QED) is 0.741. The second-order valence-corrected chi connectivity index (χ2v) is 4.23. The molecule has 0 spiro atoms. The Labute approximate surface area is 91.6 Å². The molecule has 2 heterocycles. The molecular weight excluding hydrogens is 206 g/mol. The topological polar surface area (TPSA) is 77.4 Å². The van der Waals surface area contributed by atoms with Crippen LogP contribution in [0.4, 0.5) is 0 Å². The Morgan fingerprint density at radius 1 is 1.31 bits per heavy atom. The van der Waals surface area contributed by atoms with Crippen LogP contribution in [0.1, 0.15) is 41.2 Å². The van der Waals surface area contributed by atoms with Gasteiger partial charge in [-0.15, -0.1) is 0 Å². The van der Waals surface area contributed by atoms with Gasteiger partial charge >= 0.3 is 0 Å². The van der Waals surface area contributed by atoms with Crippen molar-refractivity contribution in [2.24, 2.45) is 10.7 Å². The second kappa shape index (κ2) is 3.04. The number of hydrogen-bond acceptors (Lipinski definition) is 3. The molecule has 1 aliphatic heterocycles. The van der Waals surface area contributed by atoms with Crippen molar-refractivity contribution >= 4 is 11.7 Å². The zero-order chi connectivity index (χ0) is 11.3. The Balaban J connectivity index is 2.17. The molecule has 1 aromatic heterocycles. The van der Waals surface area contributed by atoms with E-state index in [2.05, 4.69) is 4.99 Å². The van der Waals surface area contributed by atoms with Gasteiger partial charge in [-0.05, 0) is 19.3 Å². The minimum absolute atomic E-state index is 0.137. The van der Waals surface area contributed by atoms with Crippen molar-refractivity contribution in [1.82, 2.24) is 4.57 Å². The molecule has 0 bridgehead atoms. The second-order valence-electron chi connectivity index (χ2n) is 4.23. The van der Waals surface area contributed by atoms with Gasteiger partial charge in [0.05, 0.1) is 5.56 Å². The summed E-state index contributed by atoms with van der Waals surface area (Å²) in [6.45, 7) is 0. The molecule has 0 saturated heterocycles. The summed E-state index contributed by atoms with van der Waals surface area (Å²) in [5.74, 6) is -0.196. The highest BCUT2D eigenvalue weighted by Crippen LogP contribution is 2.30. The third-order valence-corrected chi connectivity index (χ3v) is 3.28. The summed E-state index contributed by atoms with van der Waals surface area (Å²) in [6, 6.07) is 1.61. The summed E-state index contributed by atoms with van der Waals surface area (Å²) in [4.78, 5) is 26.8. The Hall–Kier alpha value is -1.91. The number of pyridine rings is 1. The normalized spacial score (nSPS) is 19.2. The number of nitrogens with zero attached hydrogens (tertiary/aromatic N) is 2. The van der Waals surface area contributed by atoms with Crippen molar-refractivity contribution in [2.75, 3.05) is 0 Å².